The second-order valence-corrected chi connectivity index (χ2v) is 5.29. The molecule has 10 heavy (non-hydrogen) atoms. The lowest BCUT2D eigenvalue weighted by molar-refractivity contribution is 0.493. The zero-order chi connectivity index (χ0) is 7.78. The maximum atomic E-state index is 11.2. The van der Waals surface area contributed by atoms with Crippen molar-refractivity contribution in [1.29, 1.82) is 0 Å². The number of sulfone groups is 1. The Hall–Kier alpha value is -0.0900. The molecule has 0 radical (unpaired) electrons. The van der Waals surface area contributed by atoms with Crippen LogP contribution in [0.5, 0.6) is 0 Å². The standard InChI is InChI=1S/C6H13NO2S/c1-5-6(2)10(8,9)4-3-7-5/h5-7H,3-4H2,1-2H3/t5-,6-/m1/s1. The molecule has 1 saturated heterocycles. The monoisotopic (exact) mass is 163 g/mol. The first kappa shape index (κ1) is 8.01. The Morgan fingerprint density at radius 3 is 2.40 bits per heavy atom. The first-order valence-electron chi connectivity index (χ1n) is 3.49. The predicted octanol–water partition coefficient (Wildman–Crippen LogP) is -0.219. The van der Waals surface area contributed by atoms with Gasteiger partial charge in [-0.05, 0) is 13.8 Å². The van der Waals surface area contributed by atoms with Crippen molar-refractivity contribution in [2.24, 2.45) is 0 Å². The highest BCUT2D eigenvalue weighted by atomic mass is 32.2. The van der Waals surface area contributed by atoms with E-state index < -0.39 is 9.84 Å². The third kappa shape index (κ3) is 1.32. The van der Waals surface area contributed by atoms with Crippen LogP contribution in [-0.2, 0) is 9.84 Å². The van der Waals surface area contributed by atoms with Crippen LogP contribution in [0.2, 0.25) is 0 Å². The Morgan fingerprint density at radius 1 is 1.40 bits per heavy atom. The summed E-state index contributed by atoms with van der Waals surface area (Å²) in [6.45, 7) is 4.27. The Bertz CT molecular complexity index is 210. The molecule has 0 spiro atoms. The van der Waals surface area contributed by atoms with Gasteiger partial charge in [-0.1, -0.05) is 0 Å². The van der Waals surface area contributed by atoms with Gasteiger partial charge in [0.2, 0.25) is 0 Å². The van der Waals surface area contributed by atoms with Crippen molar-refractivity contribution in [2.45, 2.75) is 25.1 Å². The Morgan fingerprint density at radius 2 is 2.00 bits per heavy atom. The van der Waals surface area contributed by atoms with Crippen molar-refractivity contribution in [3.05, 3.63) is 0 Å². The Kier molecular flexibility index (Phi) is 2.01. The summed E-state index contributed by atoms with van der Waals surface area (Å²) in [5.41, 5.74) is 0. The summed E-state index contributed by atoms with van der Waals surface area (Å²) in [4.78, 5) is 0. The molecule has 0 aromatic rings. The van der Waals surface area contributed by atoms with E-state index in [1.54, 1.807) is 6.92 Å². The van der Waals surface area contributed by atoms with Gasteiger partial charge in [-0.25, -0.2) is 8.42 Å². The number of hydrogen-bond acceptors (Lipinski definition) is 3. The average molecular weight is 163 g/mol. The second kappa shape index (κ2) is 2.51. The van der Waals surface area contributed by atoms with Gasteiger partial charge in [0.1, 0.15) is 0 Å². The number of nitrogens with one attached hydrogen (secondary N) is 1. The summed E-state index contributed by atoms with van der Waals surface area (Å²) in [6, 6.07) is 0.110. The van der Waals surface area contributed by atoms with Gasteiger partial charge < -0.3 is 5.32 Å². The van der Waals surface area contributed by atoms with E-state index in [0.717, 1.165) is 0 Å². The molecule has 1 fully saturated rings. The van der Waals surface area contributed by atoms with Gasteiger partial charge in [-0.3, -0.25) is 0 Å². The van der Waals surface area contributed by atoms with Gasteiger partial charge >= 0.3 is 0 Å². The summed E-state index contributed by atoms with van der Waals surface area (Å²) in [6.07, 6.45) is 0. The second-order valence-electron chi connectivity index (χ2n) is 2.81. The normalized spacial score (nSPS) is 39.4. The van der Waals surface area contributed by atoms with Gasteiger partial charge in [0.05, 0.1) is 11.0 Å². The van der Waals surface area contributed by atoms with Crippen molar-refractivity contribution >= 4 is 9.84 Å². The average Bonchev–Trinajstić information content (AvgIpc) is 1.83. The van der Waals surface area contributed by atoms with E-state index in [9.17, 15) is 8.42 Å². The molecule has 1 aliphatic heterocycles. The van der Waals surface area contributed by atoms with Crippen LogP contribution >= 0.6 is 0 Å². The maximum Gasteiger partial charge on any atom is 0.155 e. The lowest BCUT2D eigenvalue weighted by atomic mass is 10.2. The molecule has 60 valence electrons. The first-order valence-corrected chi connectivity index (χ1v) is 5.20. The minimum atomic E-state index is -2.77. The molecule has 0 aliphatic carbocycles. The predicted molar refractivity (Wildman–Crippen MR) is 40.7 cm³/mol. The minimum Gasteiger partial charge on any atom is -0.312 e. The molecule has 4 heteroatoms. The van der Waals surface area contributed by atoms with E-state index in [1.807, 2.05) is 6.92 Å². The first-order chi connectivity index (χ1) is 4.54. The minimum absolute atomic E-state index is 0.110. The van der Waals surface area contributed by atoms with Gasteiger partial charge in [0.25, 0.3) is 0 Å². The van der Waals surface area contributed by atoms with Crippen LogP contribution in [0, 0.1) is 0 Å². The van der Waals surface area contributed by atoms with Crippen molar-refractivity contribution in [3.8, 4) is 0 Å². The lowest BCUT2D eigenvalue weighted by Crippen LogP contribution is -2.49. The van der Waals surface area contributed by atoms with Gasteiger partial charge in [-0.15, -0.1) is 0 Å². The van der Waals surface area contributed by atoms with E-state index in [-0.39, 0.29) is 11.3 Å². The summed E-state index contributed by atoms with van der Waals surface area (Å²) in [5, 5.41) is 2.89. The van der Waals surface area contributed by atoms with Crippen LogP contribution in [0.1, 0.15) is 13.8 Å². The topological polar surface area (TPSA) is 46.2 Å². The molecule has 0 amide bonds. The van der Waals surface area contributed by atoms with Gasteiger partial charge in [0, 0.05) is 12.6 Å². The largest absolute Gasteiger partial charge is 0.312 e. The van der Waals surface area contributed by atoms with Crippen molar-refractivity contribution in [1.82, 2.24) is 5.32 Å². The molecule has 2 atom stereocenters. The molecule has 1 N–H and O–H groups in total. The van der Waals surface area contributed by atoms with Crippen LogP contribution in [0.4, 0.5) is 0 Å². The van der Waals surface area contributed by atoms with E-state index in [4.69, 9.17) is 0 Å². The third-order valence-corrected chi connectivity index (χ3v) is 4.44. The Balaban J connectivity index is 2.80. The van der Waals surface area contributed by atoms with Crippen molar-refractivity contribution in [3.63, 3.8) is 0 Å². The van der Waals surface area contributed by atoms with E-state index in [1.165, 1.54) is 0 Å². The summed E-state index contributed by atoms with van der Waals surface area (Å²) in [7, 11) is -2.77. The summed E-state index contributed by atoms with van der Waals surface area (Å²) >= 11 is 0. The number of rotatable bonds is 0. The fourth-order valence-electron chi connectivity index (χ4n) is 1.09. The molecule has 0 saturated carbocycles. The van der Waals surface area contributed by atoms with Crippen molar-refractivity contribution < 1.29 is 8.42 Å². The Labute approximate surface area is 61.7 Å². The van der Waals surface area contributed by atoms with E-state index in [2.05, 4.69) is 5.32 Å². The third-order valence-electron chi connectivity index (χ3n) is 2.12. The quantitative estimate of drug-likeness (QED) is 0.537. The maximum absolute atomic E-state index is 11.2. The van der Waals surface area contributed by atoms with Crippen LogP contribution in [0.25, 0.3) is 0 Å². The molecular formula is C6H13NO2S. The fourth-order valence-corrected chi connectivity index (χ4v) is 2.58. The van der Waals surface area contributed by atoms with Crippen LogP contribution in [0.3, 0.4) is 0 Å². The zero-order valence-corrected chi connectivity index (χ0v) is 7.11. The highest BCUT2D eigenvalue weighted by molar-refractivity contribution is 7.92. The van der Waals surface area contributed by atoms with Crippen molar-refractivity contribution in [2.75, 3.05) is 12.3 Å². The molecule has 1 heterocycles. The van der Waals surface area contributed by atoms with Gasteiger partial charge in [0.15, 0.2) is 9.84 Å². The van der Waals surface area contributed by atoms with E-state index in [0.29, 0.717) is 12.3 Å². The molecule has 0 aromatic carbocycles. The molecule has 1 rings (SSSR count). The van der Waals surface area contributed by atoms with Gasteiger partial charge in [-0.2, -0.15) is 0 Å². The molecule has 3 nitrogen and oxygen atoms in total. The molecular weight excluding hydrogens is 150 g/mol. The summed E-state index contributed by atoms with van der Waals surface area (Å²) < 4.78 is 22.3. The van der Waals surface area contributed by atoms with Crippen LogP contribution < -0.4 is 5.32 Å². The summed E-state index contributed by atoms with van der Waals surface area (Å²) in [5.74, 6) is 0.290. The molecule has 0 aromatic heterocycles. The van der Waals surface area contributed by atoms with Crippen LogP contribution in [-0.4, -0.2) is 32.0 Å². The van der Waals surface area contributed by atoms with Crippen LogP contribution in [0.15, 0.2) is 0 Å². The molecule has 0 bridgehead atoms. The highest BCUT2D eigenvalue weighted by Gasteiger charge is 2.29. The smallest absolute Gasteiger partial charge is 0.155 e. The fraction of sp³-hybridized carbons (Fsp3) is 1.00. The van der Waals surface area contributed by atoms with E-state index >= 15 is 0 Å². The highest BCUT2D eigenvalue weighted by Crippen LogP contribution is 2.10. The SMILES string of the molecule is C[C@@H]1[C@@H](C)NCCS1(=O)=O. The zero-order valence-electron chi connectivity index (χ0n) is 6.29. The molecule has 1 aliphatic rings. The lowest BCUT2D eigenvalue weighted by Gasteiger charge is -2.26. The number of hydrogen-bond donors (Lipinski definition) is 1. The molecule has 0 unspecified atom stereocenters.